The van der Waals surface area contributed by atoms with E-state index in [1.807, 2.05) is 0 Å². The van der Waals surface area contributed by atoms with Gasteiger partial charge in [-0.15, -0.1) is 0 Å². The van der Waals surface area contributed by atoms with Gasteiger partial charge in [-0.2, -0.15) is 0 Å². The van der Waals surface area contributed by atoms with Crippen LogP contribution in [0.3, 0.4) is 0 Å². The van der Waals surface area contributed by atoms with E-state index in [1.54, 1.807) is 11.0 Å². The molecule has 0 radical (unpaired) electrons. The lowest BCUT2D eigenvalue weighted by Gasteiger charge is -2.35. The molecule has 1 atom stereocenters. The maximum absolute atomic E-state index is 11.6. The van der Waals surface area contributed by atoms with E-state index in [2.05, 4.69) is 26.8 Å². The molecule has 1 fully saturated rings. The molecule has 2 aromatic rings. The standard InChI is InChI=1S/C16H22ClN5O3/c1-3-10(9-21-4-6-22(7-5-21)16(24)25-2)13-11(17)8-12-14(19-13)20-15(23)18-12/h8,10H,3-7,9H2,1-2H3,(H2,18,19,20,23)/t10-/m1/s1. The third-order valence-corrected chi connectivity index (χ3v) is 4.95. The highest BCUT2D eigenvalue weighted by Gasteiger charge is 2.25. The summed E-state index contributed by atoms with van der Waals surface area (Å²) < 4.78 is 4.76. The molecule has 2 aromatic heterocycles. The third-order valence-electron chi connectivity index (χ3n) is 4.65. The van der Waals surface area contributed by atoms with Crippen LogP contribution in [0.15, 0.2) is 10.9 Å². The highest BCUT2D eigenvalue weighted by Crippen LogP contribution is 2.28. The summed E-state index contributed by atoms with van der Waals surface area (Å²) in [5.74, 6) is 0.153. The van der Waals surface area contributed by atoms with Gasteiger partial charge in [-0.3, -0.25) is 9.88 Å². The number of halogens is 1. The quantitative estimate of drug-likeness (QED) is 0.859. The van der Waals surface area contributed by atoms with Crippen molar-refractivity contribution in [3.63, 3.8) is 0 Å². The number of ether oxygens (including phenoxy) is 1. The summed E-state index contributed by atoms with van der Waals surface area (Å²) >= 11 is 6.40. The number of methoxy groups -OCH3 is 1. The van der Waals surface area contributed by atoms with Crippen molar-refractivity contribution in [3.8, 4) is 0 Å². The molecule has 0 aromatic carbocycles. The molecule has 0 spiro atoms. The molecule has 1 aliphatic heterocycles. The molecule has 3 heterocycles. The van der Waals surface area contributed by atoms with E-state index >= 15 is 0 Å². The number of carbonyl (C=O) groups excluding carboxylic acids is 1. The zero-order chi connectivity index (χ0) is 18.0. The number of hydrogen-bond acceptors (Lipinski definition) is 5. The normalized spacial score (nSPS) is 17.0. The Morgan fingerprint density at radius 3 is 2.72 bits per heavy atom. The van der Waals surface area contributed by atoms with Gasteiger partial charge >= 0.3 is 11.8 Å². The Hall–Kier alpha value is -2.06. The van der Waals surface area contributed by atoms with Gasteiger partial charge in [0, 0.05) is 38.6 Å². The Labute approximate surface area is 150 Å². The number of piperazine rings is 1. The number of H-pyrrole nitrogens is 2. The van der Waals surface area contributed by atoms with E-state index in [0.717, 1.165) is 31.7 Å². The Balaban J connectivity index is 1.72. The molecule has 3 rings (SSSR count). The van der Waals surface area contributed by atoms with Gasteiger partial charge in [0.05, 0.1) is 23.3 Å². The summed E-state index contributed by atoms with van der Waals surface area (Å²) in [6.07, 6.45) is 0.600. The summed E-state index contributed by atoms with van der Waals surface area (Å²) in [5, 5.41) is 0.558. The Kier molecular flexibility index (Phi) is 5.29. The van der Waals surface area contributed by atoms with E-state index in [9.17, 15) is 9.59 Å². The lowest BCUT2D eigenvalue weighted by Crippen LogP contribution is -2.49. The fourth-order valence-electron chi connectivity index (χ4n) is 3.20. The number of nitrogens with one attached hydrogen (secondary N) is 2. The molecule has 0 unspecified atom stereocenters. The average molecular weight is 368 g/mol. The van der Waals surface area contributed by atoms with Crippen molar-refractivity contribution in [2.24, 2.45) is 0 Å². The van der Waals surface area contributed by atoms with Crippen molar-refractivity contribution < 1.29 is 9.53 Å². The summed E-state index contributed by atoms with van der Waals surface area (Å²) in [7, 11) is 1.40. The number of imidazole rings is 1. The van der Waals surface area contributed by atoms with E-state index in [0.29, 0.717) is 29.3 Å². The fraction of sp³-hybridized carbons (Fsp3) is 0.562. The van der Waals surface area contributed by atoms with Crippen molar-refractivity contribution in [3.05, 3.63) is 27.3 Å². The van der Waals surface area contributed by atoms with Crippen LogP contribution >= 0.6 is 11.6 Å². The van der Waals surface area contributed by atoms with E-state index in [4.69, 9.17) is 16.3 Å². The average Bonchev–Trinajstić information content (AvgIpc) is 2.97. The van der Waals surface area contributed by atoms with Crippen LogP contribution in [-0.2, 0) is 4.74 Å². The zero-order valence-corrected chi connectivity index (χ0v) is 15.1. The maximum atomic E-state index is 11.6. The van der Waals surface area contributed by atoms with Crippen molar-refractivity contribution in [2.45, 2.75) is 19.3 Å². The Morgan fingerprint density at radius 2 is 2.08 bits per heavy atom. The number of fused-ring (bicyclic) bond motifs is 1. The second kappa shape index (κ2) is 7.45. The topological polar surface area (TPSA) is 94.3 Å². The molecule has 0 aliphatic carbocycles. The Morgan fingerprint density at radius 1 is 1.36 bits per heavy atom. The summed E-state index contributed by atoms with van der Waals surface area (Å²) in [6.45, 7) is 5.76. The van der Waals surface area contributed by atoms with E-state index < -0.39 is 0 Å². The van der Waals surface area contributed by atoms with Crippen LogP contribution in [0.2, 0.25) is 5.02 Å². The molecular formula is C16H22ClN5O3. The summed E-state index contributed by atoms with van der Waals surface area (Å²) in [5.41, 5.74) is 1.64. The van der Waals surface area contributed by atoms with Crippen molar-refractivity contribution in [1.82, 2.24) is 24.8 Å². The van der Waals surface area contributed by atoms with Gasteiger partial charge in [0.25, 0.3) is 0 Å². The predicted molar refractivity (Wildman–Crippen MR) is 95.2 cm³/mol. The molecule has 25 heavy (non-hydrogen) atoms. The first-order chi connectivity index (χ1) is 12.0. The number of pyridine rings is 1. The monoisotopic (exact) mass is 367 g/mol. The fourth-order valence-corrected chi connectivity index (χ4v) is 3.51. The summed E-state index contributed by atoms with van der Waals surface area (Å²) in [6, 6.07) is 1.75. The van der Waals surface area contributed by atoms with E-state index in [1.165, 1.54) is 7.11 Å². The van der Waals surface area contributed by atoms with E-state index in [-0.39, 0.29) is 17.7 Å². The van der Waals surface area contributed by atoms with Crippen LogP contribution in [-0.4, -0.2) is 70.7 Å². The van der Waals surface area contributed by atoms with Crippen molar-refractivity contribution >= 4 is 28.9 Å². The zero-order valence-electron chi connectivity index (χ0n) is 14.3. The third kappa shape index (κ3) is 3.80. The van der Waals surface area contributed by atoms with Crippen LogP contribution < -0.4 is 5.69 Å². The molecular weight excluding hydrogens is 346 g/mol. The molecule has 8 nitrogen and oxygen atoms in total. The smallest absolute Gasteiger partial charge is 0.409 e. The second-order valence-electron chi connectivity index (χ2n) is 6.19. The molecule has 9 heteroatoms. The second-order valence-corrected chi connectivity index (χ2v) is 6.60. The van der Waals surface area contributed by atoms with Crippen LogP contribution in [0, 0.1) is 0 Å². The Bertz CT molecular complexity index is 810. The van der Waals surface area contributed by atoms with Gasteiger partial charge in [0.1, 0.15) is 0 Å². The first-order valence-electron chi connectivity index (χ1n) is 8.35. The number of hydrogen-bond donors (Lipinski definition) is 2. The van der Waals surface area contributed by atoms with Gasteiger partial charge < -0.3 is 14.6 Å². The number of carbonyl (C=O) groups is 1. The SMILES string of the molecule is CC[C@H](CN1CCN(C(=O)OC)CC1)c1nc2[nH]c(=O)[nH]c2cc1Cl. The minimum atomic E-state index is -0.289. The number of aromatic amines is 2. The lowest BCUT2D eigenvalue weighted by atomic mass is 10.00. The lowest BCUT2D eigenvalue weighted by molar-refractivity contribution is 0.0887. The van der Waals surface area contributed by atoms with Crippen LogP contribution in [0.5, 0.6) is 0 Å². The van der Waals surface area contributed by atoms with Gasteiger partial charge in [0.15, 0.2) is 5.65 Å². The van der Waals surface area contributed by atoms with Gasteiger partial charge in [-0.1, -0.05) is 18.5 Å². The molecule has 1 amide bonds. The largest absolute Gasteiger partial charge is 0.453 e. The first-order valence-corrected chi connectivity index (χ1v) is 8.73. The number of nitrogens with zero attached hydrogens (tertiary/aromatic N) is 3. The number of aromatic nitrogens is 3. The minimum absolute atomic E-state index is 0.153. The predicted octanol–water partition coefficient (Wildman–Crippen LogP) is 1.78. The molecule has 1 saturated heterocycles. The van der Waals surface area contributed by atoms with Gasteiger partial charge in [-0.25, -0.2) is 14.6 Å². The molecule has 0 bridgehead atoms. The van der Waals surface area contributed by atoms with Crippen molar-refractivity contribution in [2.75, 3.05) is 39.8 Å². The molecule has 0 saturated carbocycles. The minimum Gasteiger partial charge on any atom is -0.453 e. The van der Waals surface area contributed by atoms with Gasteiger partial charge in [-0.05, 0) is 12.5 Å². The van der Waals surface area contributed by atoms with Crippen LogP contribution in [0.25, 0.3) is 11.2 Å². The number of amides is 1. The molecule has 136 valence electrons. The van der Waals surface area contributed by atoms with Crippen molar-refractivity contribution in [1.29, 1.82) is 0 Å². The first kappa shape index (κ1) is 17.8. The molecule has 1 aliphatic rings. The number of rotatable bonds is 4. The summed E-state index contributed by atoms with van der Waals surface area (Å²) in [4.78, 5) is 36.9. The van der Waals surface area contributed by atoms with Crippen LogP contribution in [0.1, 0.15) is 25.0 Å². The maximum Gasteiger partial charge on any atom is 0.409 e. The highest BCUT2D eigenvalue weighted by molar-refractivity contribution is 6.31. The van der Waals surface area contributed by atoms with Gasteiger partial charge in [0.2, 0.25) is 0 Å². The highest BCUT2D eigenvalue weighted by atomic mass is 35.5. The molecule has 2 N–H and O–H groups in total. The van der Waals surface area contributed by atoms with Crippen LogP contribution in [0.4, 0.5) is 4.79 Å².